The van der Waals surface area contributed by atoms with E-state index in [1.165, 1.54) is 11.9 Å². The Kier molecular flexibility index (Phi) is 7.08. The minimum absolute atomic E-state index is 0.0237. The first-order chi connectivity index (χ1) is 18.6. The van der Waals surface area contributed by atoms with Crippen molar-refractivity contribution < 1.29 is 9.59 Å². The molecular formula is C30H35N7O2. The van der Waals surface area contributed by atoms with E-state index in [1.54, 1.807) is 13.0 Å². The largest absolute Gasteiger partial charge is 0.383 e. The number of nitrogens with zero attached hydrogens (tertiary/aromatic N) is 5. The van der Waals surface area contributed by atoms with E-state index in [0.717, 1.165) is 30.5 Å². The van der Waals surface area contributed by atoms with Gasteiger partial charge in [-0.15, -0.1) is 0 Å². The molecule has 1 fully saturated rings. The number of anilines is 1. The molecule has 2 amide bonds. The van der Waals surface area contributed by atoms with Crippen molar-refractivity contribution in [2.75, 3.05) is 18.8 Å². The van der Waals surface area contributed by atoms with Gasteiger partial charge in [0.25, 0.3) is 5.91 Å². The lowest BCUT2D eigenvalue weighted by atomic mass is 9.87. The summed E-state index contributed by atoms with van der Waals surface area (Å²) in [6.07, 6.45) is 3.20. The summed E-state index contributed by atoms with van der Waals surface area (Å²) >= 11 is 0. The third-order valence-electron chi connectivity index (χ3n) is 7.38. The van der Waals surface area contributed by atoms with Crippen LogP contribution in [-0.2, 0) is 16.8 Å². The summed E-state index contributed by atoms with van der Waals surface area (Å²) in [5.74, 6) is 0.206. The Morgan fingerprint density at radius 2 is 1.87 bits per heavy atom. The molecule has 0 aliphatic carbocycles. The molecule has 202 valence electrons. The van der Waals surface area contributed by atoms with Crippen molar-refractivity contribution in [3.8, 4) is 11.3 Å². The Morgan fingerprint density at radius 3 is 2.59 bits per heavy atom. The molecule has 0 saturated carbocycles. The molecule has 2 aromatic heterocycles. The molecule has 0 bridgehead atoms. The fourth-order valence-electron chi connectivity index (χ4n) is 5.11. The SMILES string of the molecule is CC(=O)N1CCC[C@@H](n2nc(-c3cccc(C(=O)NCc4ccc(C(C)(C)C)cc4)c3)c3c(N)ncnc32)C1. The number of fused-ring (bicyclic) bond motifs is 1. The maximum Gasteiger partial charge on any atom is 0.251 e. The van der Waals surface area contributed by atoms with Gasteiger partial charge in [0, 0.05) is 37.7 Å². The Hall–Kier alpha value is -4.27. The summed E-state index contributed by atoms with van der Waals surface area (Å²) < 4.78 is 1.87. The van der Waals surface area contributed by atoms with E-state index in [2.05, 4.69) is 60.3 Å². The molecule has 0 radical (unpaired) electrons. The van der Waals surface area contributed by atoms with E-state index in [9.17, 15) is 9.59 Å². The third-order valence-corrected chi connectivity index (χ3v) is 7.38. The number of hydrogen-bond donors (Lipinski definition) is 2. The number of amides is 2. The number of hydrogen-bond acceptors (Lipinski definition) is 6. The number of nitrogens with two attached hydrogens (primary N) is 1. The minimum Gasteiger partial charge on any atom is -0.383 e. The molecule has 1 aliphatic heterocycles. The van der Waals surface area contributed by atoms with E-state index in [0.29, 0.717) is 41.2 Å². The Balaban J connectivity index is 1.41. The van der Waals surface area contributed by atoms with Gasteiger partial charge in [0.15, 0.2) is 5.65 Å². The first-order valence-electron chi connectivity index (χ1n) is 13.3. The van der Waals surface area contributed by atoms with E-state index in [-0.39, 0.29) is 23.3 Å². The van der Waals surface area contributed by atoms with Crippen LogP contribution in [0.3, 0.4) is 0 Å². The van der Waals surface area contributed by atoms with Crippen LogP contribution in [0.2, 0.25) is 0 Å². The molecule has 0 spiro atoms. The van der Waals surface area contributed by atoms with Gasteiger partial charge >= 0.3 is 0 Å². The number of nitrogens with one attached hydrogen (secondary N) is 1. The van der Waals surface area contributed by atoms with Gasteiger partial charge in [-0.3, -0.25) is 9.59 Å². The van der Waals surface area contributed by atoms with Gasteiger partial charge in [0.05, 0.1) is 11.4 Å². The molecule has 9 nitrogen and oxygen atoms in total. The highest BCUT2D eigenvalue weighted by Crippen LogP contribution is 2.34. The zero-order valence-corrected chi connectivity index (χ0v) is 22.9. The highest BCUT2D eigenvalue weighted by atomic mass is 16.2. The van der Waals surface area contributed by atoms with E-state index < -0.39 is 0 Å². The first kappa shape index (κ1) is 26.3. The molecule has 3 N–H and O–H groups in total. The number of aromatic nitrogens is 4. The maximum absolute atomic E-state index is 13.1. The lowest BCUT2D eigenvalue weighted by Crippen LogP contribution is -2.39. The normalized spacial score (nSPS) is 15.9. The summed E-state index contributed by atoms with van der Waals surface area (Å²) in [4.78, 5) is 35.7. The van der Waals surface area contributed by atoms with Crippen LogP contribution < -0.4 is 11.1 Å². The summed E-state index contributed by atoms with van der Waals surface area (Å²) in [6.45, 7) is 9.87. The minimum atomic E-state index is -0.172. The Morgan fingerprint density at radius 1 is 1.10 bits per heavy atom. The molecule has 0 unspecified atom stereocenters. The quantitative estimate of drug-likeness (QED) is 0.396. The van der Waals surface area contributed by atoms with Crippen LogP contribution in [0.1, 0.15) is 68.1 Å². The van der Waals surface area contributed by atoms with Gasteiger partial charge in [-0.2, -0.15) is 5.10 Å². The first-order valence-corrected chi connectivity index (χ1v) is 13.3. The van der Waals surface area contributed by atoms with Crippen LogP contribution >= 0.6 is 0 Å². The number of carbonyl (C=O) groups excluding carboxylic acids is 2. The molecule has 1 atom stereocenters. The van der Waals surface area contributed by atoms with Crippen molar-refractivity contribution in [3.05, 3.63) is 71.5 Å². The Bertz CT molecular complexity index is 1520. The van der Waals surface area contributed by atoms with Crippen molar-refractivity contribution >= 4 is 28.7 Å². The lowest BCUT2D eigenvalue weighted by molar-refractivity contribution is -0.130. The second-order valence-corrected chi connectivity index (χ2v) is 11.2. The van der Waals surface area contributed by atoms with Crippen molar-refractivity contribution in [1.29, 1.82) is 0 Å². The van der Waals surface area contributed by atoms with Crippen LogP contribution in [0.5, 0.6) is 0 Å². The second kappa shape index (κ2) is 10.5. The van der Waals surface area contributed by atoms with Crippen LogP contribution in [0.25, 0.3) is 22.3 Å². The third kappa shape index (κ3) is 5.48. The smallest absolute Gasteiger partial charge is 0.251 e. The summed E-state index contributed by atoms with van der Waals surface area (Å²) in [7, 11) is 0. The maximum atomic E-state index is 13.1. The van der Waals surface area contributed by atoms with Gasteiger partial charge in [-0.05, 0) is 41.5 Å². The highest BCUT2D eigenvalue weighted by Gasteiger charge is 2.27. The Labute approximate surface area is 228 Å². The molecule has 9 heteroatoms. The van der Waals surface area contributed by atoms with Gasteiger partial charge in [-0.25, -0.2) is 14.6 Å². The number of carbonyl (C=O) groups is 2. The van der Waals surface area contributed by atoms with Crippen molar-refractivity contribution in [2.45, 2.75) is 58.5 Å². The number of nitrogen functional groups attached to an aromatic ring is 1. The number of piperidine rings is 1. The van der Waals surface area contributed by atoms with Crippen molar-refractivity contribution in [1.82, 2.24) is 30.0 Å². The number of benzene rings is 2. The molecule has 1 saturated heterocycles. The van der Waals surface area contributed by atoms with Gasteiger partial charge in [-0.1, -0.05) is 57.2 Å². The van der Waals surface area contributed by atoms with Crippen LogP contribution in [0, 0.1) is 0 Å². The predicted molar refractivity (Wildman–Crippen MR) is 152 cm³/mol. The topological polar surface area (TPSA) is 119 Å². The van der Waals surface area contributed by atoms with Crippen molar-refractivity contribution in [2.24, 2.45) is 0 Å². The standard InChI is InChI=1S/C30H35N7O2/c1-19(38)36-14-6-9-24(17-36)37-28-25(27(31)33-18-34-28)26(35-37)21-7-5-8-22(15-21)29(39)32-16-20-10-12-23(13-11-20)30(2,3)4/h5,7-8,10-13,15,18,24H,6,9,14,16-17H2,1-4H3,(H,32,39)(H2,31,33,34)/t24-/m1/s1. The molecule has 1 aliphatic rings. The fourth-order valence-corrected chi connectivity index (χ4v) is 5.11. The second-order valence-electron chi connectivity index (χ2n) is 11.2. The van der Waals surface area contributed by atoms with Gasteiger partial charge < -0.3 is 16.0 Å². The summed E-state index contributed by atoms with van der Waals surface area (Å²) in [5, 5.41) is 8.59. The number of rotatable bonds is 5. The summed E-state index contributed by atoms with van der Waals surface area (Å²) in [6, 6.07) is 15.6. The average molecular weight is 526 g/mol. The highest BCUT2D eigenvalue weighted by molar-refractivity contribution is 6.00. The van der Waals surface area contributed by atoms with E-state index in [1.807, 2.05) is 27.8 Å². The lowest BCUT2D eigenvalue weighted by Gasteiger charge is -2.32. The van der Waals surface area contributed by atoms with Crippen LogP contribution in [0.15, 0.2) is 54.9 Å². The average Bonchev–Trinajstić information content (AvgIpc) is 3.33. The molecule has 5 rings (SSSR count). The molecule has 3 heterocycles. The summed E-state index contributed by atoms with van der Waals surface area (Å²) in [5.41, 5.74) is 11.2. The molecule has 39 heavy (non-hydrogen) atoms. The zero-order valence-electron chi connectivity index (χ0n) is 22.9. The van der Waals surface area contributed by atoms with E-state index >= 15 is 0 Å². The van der Waals surface area contributed by atoms with E-state index in [4.69, 9.17) is 10.8 Å². The van der Waals surface area contributed by atoms with Gasteiger partial charge in [0.2, 0.25) is 5.91 Å². The molecule has 2 aromatic carbocycles. The molecular weight excluding hydrogens is 490 g/mol. The zero-order chi connectivity index (χ0) is 27.7. The molecule has 4 aromatic rings. The van der Waals surface area contributed by atoms with Crippen LogP contribution in [0.4, 0.5) is 5.82 Å². The van der Waals surface area contributed by atoms with Crippen LogP contribution in [-0.4, -0.2) is 49.6 Å². The predicted octanol–water partition coefficient (Wildman–Crippen LogP) is 4.49. The van der Waals surface area contributed by atoms with Crippen molar-refractivity contribution in [3.63, 3.8) is 0 Å². The monoisotopic (exact) mass is 525 g/mol. The fraction of sp³-hybridized carbons (Fsp3) is 0.367. The van der Waals surface area contributed by atoms with Gasteiger partial charge in [0.1, 0.15) is 17.8 Å². The number of likely N-dealkylation sites (tertiary alicyclic amines) is 1.